The van der Waals surface area contributed by atoms with E-state index in [1.807, 2.05) is 42.6 Å². The molecule has 8 heteroatoms. The molecule has 33 heavy (non-hydrogen) atoms. The molecule has 1 N–H and O–H groups in total. The fraction of sp³-hybridized carbons (Fsp3) is 0.320. The predicted molar refractivity (Wildman–Crippen MR) is 127 cm³/mol. The van der Waals surface area contributed by atoms with Gasteiger partial charge in [-0.15, -0.1) is 11.3 Å². The second-order valence-electron chi connectivity index (χ2n) is 8.01. The van der Waals surface area contributed by atoms with E-state index in [9.17, 15) is 13.6 Å². The van der Waals surface area contributed by atoms with Gasteiger partial charge in [0, 0.05) is 37.1 Å². The van der Waals surface area contributed by atoms with Crippen molar-refractivity contribution in [1.29, 1.82) is 0 Å². The molecule has 0 radical (unpaired) electrons. The monoisotopic (exact) mass is 471 g/mol. The van der Waals surface area contributed by atoms with Gasteiger partial charge in [-0.05, 0) is 42.6 Å². The van der Waals surface area contributed by atoms with Crippen LogP contribution in [0.15, 0.2) is 60.0 Å². The number of amides is 1. The maximum atomic E-state index is 14.1. The first kappa shape index (κ1) is 23.2. The predicted octanol–water partition coefficient (Wildman–Crippen LogP) is 4.72. The zero-order valence-electron chi connectivity index (χ0n) is 18.6. The molecule has 2 aromatic carbocycles. The highest BCUT2D eigenvalue weighted by molar-refractivity contribution is 7.10. The Labute approximate surface area is 196 Å². The molecule has 1 aromatic heterocycles. The number of nitrogens with one attached hydrogen (secondary N) is 1. The standard InChI is InChI=1S/C25H27F2N3O2S/c1-17(28-25(31)23-18(26)7-5-8-19(23)27)24(22-11-6-16-33-22)30-14-12-29(13-15-30)20-9-3-4-10-21(20)32-2/h3-11,16-17,24H,12-15H2,1-2H3,(H,28,31)/t17-,24-/m1/s1. The van der Waals surface area contributed by atoms with E-state index in [0.717, 1.165) is 54.6 Å². The van der Waals surface area contributed by atoms with Gasteiger partial charge in [0.05, 0.1) is 18.8 Å². The molecule has 174 valence electrons. The van der Waals surface area contributed by atoms with Gasteiger partial charge < -0.3 is 15.0 Å². The fourth-order valence-electron chi connectivity index (χ4n) is 4.41. The Morgan fingerprint density at radius 3 is 2.33 bits per heavy atom. The molecule has 0 spiro atoms. The minimum Gasteiger partial charge on any atom is -0.495 e. The Kier molecular flexibility index (Phi) is 7.25. The van der Waals surface area contributed by atoms with Gasteiger partial charge in [0.1, 0.15) is 22.9 Å². The van der Waals surface area contributed by atoms with Crippen molar-refractivity contribution in [2.45, 2.75) is 19.0 Å². The highest BCUT2D eigenvalue weighted by Crippen LogP contribution is 2.33. The molecule has 0 saturated carbocycles. The first-order valence-electron chi connectivity index (χ1n) is 10.9. The van der Waals surface area contributed by atoms with Crippen LogP contribution in [-0.2, 0) is 0 Å². The Hall–Kier alpha value is -2.97. The SMILES string of the molecule is COc1ccccc1N1CCN([C@@H](c2cccs2)[C@@H](C)NC(=O)c2c(F)cccc2F)CC1. The zero-order chi connectivity index (χ0) is 23.4. The summed E-state index contributed by atoms with van der Waals surface area (Å²) in [6, 6.07) is 14.9. The molecular formula is C25H27F2N3O2S. The van der Waals surface area contributed by atoms with Gasteiger partial charge in [-0.25, -0.2) is 8.78 Å². The van der Waals surface area contributed by atoms with Crippen molar-refractivity contribution in [3.8, 4) is 5.75 Å². The van der Waals surface area contributed by atoms with Crippen LogP contribution < -0.4 is 15.0 Å². The highest BCUT2D eigenvalue weighted by Gasteiger charge is 2.32. The van der Waals surface area contributed by atoms with Gasteiger partial charge in [-0.2, -0.15) is 0 Å². The van der Waals surface area contributed by atoms with E-state index in [4.69, 9.17) is 4.74 Å². The number of ether oxygens (including phenoxy) is 1. The van der Waals surface area contributed by atoms with E-state index in [1.165, 1.54) is 6.07 Å². The summed E-state index contributed by atoms with van der Waals surface area (Å²) in [4.78, 5) is 18.4. The number of hydrogen-bond acceptors (Lipinski definition) is 5. The van der Waals surface area contributed by atoms with Crippen LogP contribution in [0.25, 0.3) is 0 Å². The van der Waals surface area contributed by atoms with Crippen molar-refractivity contribution in [3.05, 3.63) is 82.1 Å². The summed E-state index contributed by atoms with van der Waals surface area (Å²) in [6.45, 7) is 5.02. The average molecular weight is 472 g/mol. The number of hydrogen-bond donors (Lipinski definition) is 1. The zero-order valence-corrected chi connectivity index (χ0v) is 19.4. The fourth-order valence-corrected chi connectivity index (χ4v) is 5.37. The third kappa shape index (κ3) is 5.02. The number of anilines is 1. The third-order valence-corrected chi connectivity index (χ3v) is 6.93. The number of para-hydroxylation sites is 2. The van der Waals surface area contributed by atoms with E-state index >= 15 is 0 Å². The maximum absolute atomic E-state index is 14.1. The number of methoxy groups -OCH3 is 1. The summed E-state index contributed by atoms with van der Waals surface area (Å²) in [5, 5.41) is 4.84. The van der Waals surface area contributed by atoms with Crippen LogP contribution in [0.1, 0.15) is 28.2 Å². The molecular weight excluding hydrogens is 444 g/mol. The number of nitrogens with zero attached hydrogens (tertiary/aromatic N) is 2. The van der Waals surface area contributed by atoms with Gasteiger partial charge in [-0.3, -0.25) is 9.69 Å². The second-order valence-corrected chi connectivity index (χ2v) is 8.99. The van der Waals surface area contributed by atoms with Crippen LogP contribution in [0, 0.1) is 11.6 Å². The lowest BCUT2D eigenvalue weighted by atomic mass is 10.0. The lowest BCUT2D eigenvalue weighted by molar-refractivity contribution is 0.0882. The molecule has 2 atom stereocenters. The lowest BCUT2D eigenvalue weighted by Crippen LogP contribution is -2.52. The van der Waals surface area contributed by atoms with E-state index in [1.54, 1.807) is 18.4 Å². The van der Waals surface area contributed by atoms with Gasteiger partial charge >= 0.3 is 0 Å². The van der Waals surface area contributed by atoms with E-state index in [-0.39, 0.29) is 12.1 Å². The normalized spacial score (nSPS) is 16.3. The summed E-state index contributed by atoms with van der Waals surface area (Å²) < 4.78 is 33.8. The van der Waals surface area contributed by atoms with Crippen molar-refractivity contribution in [1.82, 2.24) is 10.2 Å². The number of halogens is 2. The molecule has 1 amide bonds. The van der Waals surface area contributed by atoms with Gasteiger partial charge in [-0.1, -0.05) is 24.3 Å². The molecule has 0 unspecified atom stereocenters. The van der Waals surface area contributed by atoms with Crippen LogP contribution in [0.5, 0.6) is 5.75 Å². The number of benzene rings is 2. The van der Waals surface area contributed by atoms with Crippen LogP contribution in [0.3, 0.4) is 0 Å². The molecule has 3 aromatic rings. The van der Waals surface area contributed by atoms with Crippen LogP contribution >= 0.6 is 11.3 Å². The highest BCUT2D eigenvalue weighted by atomic mass is 32.1. The van der Waals surface area contributed by atoms with E-state index in [2.05, 4.69) is 21.2 Å². The van der Waals surface area contributed by atoms with Crippen molar-refractivity contribution < 1.29 is 18.3 Å². The van der Waals surface area contributed by atoms with Crippen LogP contribution in [0.4, 0.5) is 14.5 Å². The van der Waals surface area contributed by atoms with Crippen molar-refractivity contribution >= 4 is 22.9 Å². The molecule has 4 rings (SSSR count). The number of carbonyl (C=O) groups excluding carboxylic acids is 1. The maximum Gasteiger partial charge on any atom is 0.257 e. The first-order valence-corrected chi connectivity index (χ1v) is 11.8. The third-order valence-electron chi connectivity index (χ3n) is 5.99. The lowest BCUT2D eigenvalue weighted by Gasteiger charge is -2.42. The van der Waals surface area contributed by atoms with Crippen LogP contribution in [0.2, 0.25) is 0 Å². The van der Waals surface area contributed by atoms with Crippen LogP contribution in [-0.4, -0.2) is 50.1 Å². The molecule has 2 heterocycles. The molecule has 0 bridgehead atoms. The molecule has 1 saturated heterocycles. The molecule has 1 aliphatic rings. The summed E-state index contributed by atoms with van der Waals surface area (Å²) in [6.07, 6.45) is 0. The summed E-state index contributed by atoms with van der Waals surface area (Å²) >= 11 is 1.61. The topological polar surface area (TPSA) is 44.8 Å². The van der Waals surface area contributed by atoms with Crippen molar-refractivity contribution in [2.24, 2.45) is 0 Å². The average Bonchev–Trinajstić information content (AvgIpc) is 3.34. The van der Waals surface area contributed by atoms with Crippen molar-refractivity contribution in [3.63, 3.8) is 0 Å². The number of rotatable bonds is 7. The van der Waals surface area contributed by atoms with Gasteiger partial charge in [0.25, 0.3) is 5.91 Å². The Balaban J connectivity index is 1.50. The van der Waals surface area contributed by atoms with E-state index < -0.39 is 23.1 Å². The largest absolute Gasteiger partial charge is 0.495 e. The quantitative estimate of drug-likeness (QED) is 0.542. The Morgan fingerprint density at radius 2 is 1.70 bits per heavy atom. The Bertz CT molecular complexity index is 1060. The summed E-state index contributed by atoms with van der Waals surface area (Å²) in [5.74, 6) is -1.63. The van der Waals surface area contributed by atoms with E-state index in [0.29, 0.717) is 0 Å². The summed E-state index contributed by atoms with van der Waals surface area (Å²) in [7, 11) is 1.67. The smallest absolute Gasteiger partial charge is 0.257 e. The van der Waals surface area contributed by atoms with Gasteiger partial charge in [0.2, 0.25) is 0 Å². The second kappa shape index (κ2) is 10.3. The number of piperazine rings is 1. The first-order chi connectivity index (χ1) is 16.0. The molecule has 0 aliphatic carbocycles. The van der Waals surface area contributed by atoms with Crippen molar-refractivity contribution in [2.75, 3.05) is 38.2 Å². The van der Waals surface area contributed by atoms with Gasteiger partial charge in [0.15, 0.2) is 0 Å². The summed E-state index contributed by atoms with van der Waals surface area (Å²) in [5.41, 5.74) is 0.513. The minimum absolute atomic E-state index is 0.108. The minimum atomic E-state index is -0.863. The number of carbonyl (C=O) groups is 1. The molecule has 5 nitrogen and oxygen atoms in total. The molecule has 1 fully saturated rings. The molecule has 1 aliphatic heterocycles. The number of thiophene rings is 1. The Morgan fingerprint density at radius 1 is 1.00 bits per heavy atom.